The number of allylic oxidation sites excluding steroid dienone is 1. The van der Waals surface area contributed by atoms with E-state index in [2.05, 4.69) is 6.58 Å². The van der Waals surface area contributed by atoms with Gasteiger partial charge in [-0.05, 0) is 12.8 Å². The standard InChI is InChI=1S/C13H14N2O8S/c1-8-2-3-12(18)15(8)23-13(19)9(24(20,21)22)6-7-14-10(16)4-5-11(14)17/h4-5,9H,1-3,6-7H2,(H,20,21,22). The number of nitrogens with zero attached hydrogens (tertiary/aromatic N) is 2. The van der Waals surface area contributed by atoms with E-state index < -0.39 is 52.0 Å². The van der Waals surface area contributed by atoms with Crippen molar-refractivity contribution in [2.45, 2.75) is 24.5 Å². The molecule has 24 heavy (non-hydrogen) atoms. The molecule has 1 N–H and O–H groups in total. The molecule has 0 spiro atoms. The number of rotatable bonds is 6. The second kappa shape index (κ2) is 6.53. The fourth-order valence-electron chi connectivity index (χ4n) is 2.18. The normalized spacial score (nSPS) is 19.4. The zero-order valence-corrected chi connectivity index (χ0v) is 13.2. The minimum atomic E-state index is -4.88. The van der Waals surface area contributed by atoms with Gasteiger partial charge >= 0.3 is 5.97 Å². The maximum atomic E-state index is 12.0. The first-order valence-electron chi connectivity index (χ1n) is 6.83. The molecule has 1 saturated heterocycles. The van der Waals surface area contributed by atoms with Gasteiger partial charge in [-0.3, -0.25) is 23.8 Å². The number of hydroxylamine groups is 2. The molecule has 2 aliphatic rings. The Balaban J connectivity index is 2.07. The number of carbonyl (C=O) groups excluding carboxylic acids is 4. The predicted molar refractivity (Wildman–Crippen MR) is 77.1 cm³/mol. The van der Waals surface area contributed by atoms with E-state index in [4.69, 9.17) is 4.84 Å². The molecule has 1 unspecified atom stereocenters. The topological polar surface area (TPSA) is 138 Å². The Morgan fingerprint density at radius 2 is 1.83 bits per heavy atom. The van der Waals surface area contributed by atoms with E-state index in [0.717, 1.165) is 12.2 Å². The van der Waals surface area contributed by atoms with Crippen molar-refractivity contribution in [1.82, 2.24) is 9.96 Å². The minimum absolute atomic E-state index is 0.0606. The highest BCUT2D eigenvalue weighted by molar-refractivity contribution is 7.87. The Labute approximate surface area is 137 Å². The summed E-state index contributed by atoms with van der Waals surface area (Å²) in [5.74, 6) is -3.30. The molecule has 2 heterocycles. The van der Waals surface area contributed by atoms with Crippen LogP contribution in [0.25, 0.3) is 0 Å². The van der Waals surface area contributed by atoms with Gasteiger partial charge in [0, 0.05) is 25.1 Å². The third-order valence-electron chi connectivity index (χ3n) is 3.46. The van der Waals surface area contributed by atoms with Crippen molar-refractivity contribution in [2.24, 2.45) is 0 Å². The lowest BCUT2D eigenvalue weighted by atomic mass is 10.3. The summed E-state index contributed by atoms with van der Waals surface area (Å²) in [6.45, 7) is 3.08. The van der Waals surface area contributed by atoms with Gasteiger partial charge in [0.15, 0.2) is 5.25 Å². The van der Waals surface area contributed by atoms with Crippen LogP contribution in [0, 0.1) is 0 Å². The highest BCUT2D eigenvalue weighted by atomic mass is 32.2. The summed E-state index contributed by atoms with van der Waals surface area (Å²) in [4.78, 5) is 51.7. The molecular weight excluding hydrogens is 344 g/mol. The van der Waals surface area contributed by atoms with E-state index in [0.29, 0.717) is 9.96 Å². The molecule has 11 heteroatoms. The highest BCUT2D eigenvalue weighted by Crippen LogP contribution is 2.22. The van der Waals surface area contributed by atoms with Crippen LogP contribution in [-0.2, 0) is 34.1 Å². The lowest BCUT2D eigenvalue weighted by molar-refractivity contribution is -0.186. The SMILES string of the molecule is C=C1CCC(=O)N1OC(=O)C(CCN1C(=O)C=CC1=O)S(=O)(=O)O. The molecular formula is C13H14N2O8S. The molecule has 0 radical (unpaired) electrons. The van der Waals surface area contributed by atoms with E-state index >= 15 is 0 Å². The number of hydrogen-bond acceptors (Lipinski definition) is 7. The molecule has 2 rings (SSSR count). The average Bonchev–Trinajstić information content (AvgIpc) is 2.95. The summed E-state index contributed by atoms with van der Waals surface area (Å²) in [5, 5.41) is -1.48. The van der Waals surface area contributed by atoms with Crippen LogP contribution in [0.3, 0.4) is 0 Å². The molecule has 0 saturated carbocycles. The van der Waals surface area contributed by atoms with E-state index in [1.807, 2.05) is 0 Å². The summed E-state index contributed by atoms with van der Waals surface area (Å²) in [6, 6.07) is 0. The zero-order valence-electron chi connectivity index (χ0n) is 12.4. The molecule has 10 nitrogen and oxygen atoms in total. The van der Waals surface area contributed by atoms with Crippen LogP contribution in [0.1, 0.15) is 19.3 Å². The Bertz CT molecular complexity index is 720. The quantitative estimate of drug-likeness (QED) is 0.479. The van der Waals surface area contributed by atoms with Crippen molar-refractivity contribution in [3.8, 4) is 0 Å². The largest absolute Gasteiger partial charge is 0.353 e. The first-order valence-corrected chi connectivity index (χ1v) is 8.34. The maximum absolute atomic E-state index is 12.0. The number of hydrogen-bond donors (Lipinski definition) is 1. The lowest BCUT2D eigenvalue weighted by Crippen LogP contribution is -2.40. The molecule has 0 aromatic heterocycles. The summed E-state index contributed by atoms with van der Waals surface area (Å²) >= 11 is 0. The van der Waals surface area contributed by atoms with Gasteiger partial charge in [0.05, 0.1) is 5.70 Å². The Morgan fingerprint density at radius 1 is 1.25 bits per heavy atom. The minimum Gasteiger partial charge on any atom is -0.332 e. The second-order valence-corrected chi connectivity index (χ2v) is 6.72. The number of amides is 3. The Kier molecular flexibility index (Phi) is 4.85. The summed E-state index contributed by atoms with van der Waals surface area (Å²) in [5.41, 5.74) is 0.177. The van der Waals surface area contributed by atoms with Crippen molar-refractivity contribution >= 4 is 33.8 Å². The van der Waals surface area contributed by atoms with Crippen LogP contribution >= 0.6 is 0 Å². The third-order valence-corrected chi connectivity index (χ3v) is 4.61. The number of carbonyl (C=O) groups is 4. The third kappa shape index (κ3) is 3.68. The van der Waals surface area contributed by atoms with Gasteiger partial charge in [0.2, 0.25) is 0 Å². The van der Waals surface area contributed by atoms with Gasteiger partial charge in [-0.25, -0.2) is 4.79 Å². The zero-order chi connectivity index (χ0) is 18.1. The fourth-order valence-corrected chi connectivity index (χ4v) is 2.87. The van der Waals surface area contributed by atoms with E-state index in [9.17, 15) is 32.1 Å². The summed E-state index contributed by atoms with van der Waals surface area (Å²) in [6.07, 6.45) is 1.73. The van der Waals surface area contributed by atoms with Gasteiger partial charge in [-0.1, -0.05) is 6.58 Å². The first kappa shape index (κ1) is 17.8. The van der Waals surface area contributed by atoms with Crippen LogP contribution in [0.5, 0.6) is 0 Å². The molecule has 0 aromatic carbocycles. The molecule has 3 amide bonds. The van der Waals surface area contributed by atoms with Crippen LogP contribution in [0.2, 0.25) is 0 Å². The van der Waals surface area contributed by atoms with Crippen molar-refractivity contribution in [1.29, 1.82) is 0 Å². The van der Waals surface area contributed by atoms with Gasteiger partial charge in [0.25, 0.3) is 27.8 Å². The van der Waals surface area contributed by atoms with Gasteiger partial charge in [0.1, 0.15) is 0 Å². The lowest BCUT2D eigenvalue weighted by Gasteiger charge is -2.20. The van der Waals surface area contributed by atoms with Crippen molar-refractivity contribution in [3.05, 3.63) is 24.4 Å². The van der Waals surface area contributed by atoms with Crippen molar-refractivity contribution in [3.63, 3.8) is 0 Å². The van der Waals surface area contributed by atoms with E-state index in [1.54, 1.807) is 0 Å². The molecule has 0 aliphatic carbocycles. The molecule has 1 fully saturated rings. The highest BCUT2D eigenvalue weighted by Gasteiger charge is 2.38. The van der Waals surface area contributed by atoms with Gasteiger partial charge in [-0.15, -0.1) is 5.06 Å². The van der Waals surface area contributed by atoms with Crippen LogP contribution in [0.4, 0.5) is 0 Å². The van der Waals surface area contributed by atoms with Gasteiger partial charge in [-0.2, -0.15) is 8.42 Å². The van der Waals surface area contributed by atoms with E-state index in [-0.39, 0.29) is 18.5 Å². The maximum Gasteiger partial charge on any atom is 0.353 e. The molecule has 1 atom stereocenters. The molecule has 2 aliphatic heterocycles. The fraction of sp³-hybridized carbons (Fsp3) is 0.385. The smallest absolute Gasteiger partial charge is 0.332 e. The molecule has 130 valence electrons. The summed E-state index contributed by atoms with van der Waals surface area (Å²) < 4.78 is 32.0. The summed E-state index contributed by atoms with van der Waals surface area (Å²) in [7, 11) is -4.88. The average molecular weight is 358 g/mol. The first-order chi connectivity index (χ1) is 11.1. The van der Waals surface area contributed by atoms with Crippen molar-refractivity contribution < 1.29 is 37.0 Å². The monoisotopic (exact) mass is 358 g/mol. The Hall–Kier alpha value is -2.53. The van der Waals surface area contributed by atoms with Gasteiger partial charge < -0.3 is 4.84 Å². The van der Waals surface area contributed by atoms with E-state index in [1.165, 1.54) is 0 Å². The second-order valence-electron chi connectivity index (χ2n) is 5.12. The Morgan fingerprint density at radius 3 is 2.29 bits per heavy atom. The van der Waals surface area contributed by atoms with Crippen molar-refractivity contribution in [2.75, 3.05) is 6.54 Å². The molecule has 0 bridgehead atoms. The number of imide groups is 1. The van der Waals surface area contributed by atoms with Crippen LogP contribution in [0.15, 0.2) is 24.4 Å². The van der Waals surface area contributed by atoms with Crippen LogP contribution < -0.4 is 0 Å². The molecule has 0 aromatic rings. The van der Waals surface area contributed by atoms with Crippen LogP contribution in [-0.4, -0.2) is 58.4 Å². The predicted octanol–water partition coefficient (Wildman–Crippen LogP) is -0.848.